The van der Waals surface area contributed by atoms with Crippen LogP contribution in [0.5, 0.6) is 5.75 Å². The van der Waals surface area contributed by atoms with Gasteiger partial charge in [-0.05, 0) is 89.5 Å². The van der Waals surface area contributed by atoms with E-state index in [1.54, 1.807) is 49.9 Å². The average molecular weight is 608 g/mol. The number of amides is 3. The normalized spacial score (nSPS) is 16.1. The van der Waals surface area contributed by atoms with E-state index in [0.717, 1.165) is 48.8 Å². The fourth-order valence-electron chi connectivity index (χ4n) is 5.82. The zero-order valence-corrected chi connectivity index (χ0v) is 27.7. The number of aromatic hydroxyl groups is 1. The topological polar surface area (TPSA) is 108 Å². The summed E-state index contributed by atoms with van der Waals surface area (Å²) >= 11 is 0. The highest BCUT2D eigenvalue weighted by molar-refractivity contribution is 5.92. The second kappa shape index (κ2) is 16.0. The number of carbonyl (C=O) groups is 3. The van der Waals surface area contributed by atoms with Gasteiger partial charge in [0.1, 0.15) is 23.4 Å². The van der Waals surface area contributed by atoms with Gasteiger partial charge in [-0.3, -0.25) is 9.59 Å². The molecule has 0 radical (unpaired) electrons. The van der Waals surface area contributed by atoms with Gasteiger partial charge in [0.15, 0.2) is 0 Å². The summed E-state index contributed by atoms with van der Waals surface area (Å²) < 4.78 is 5.56. The van der Waals surface area contributed by atoms with Crippen LogP contribution >= 0.6 is 0 Å². The Kier molecular flexibility index (Phi) is 12.7. The van der Waals surface area contributed by atoms with Gasteiger partial charge in [0.05, 0.1) is 0 Å². The summed E-state index contributed by atoms with van der Waals surface area (Å²) in [4.78, 5) is 43.9. The molecule has 2 aromatic carbocycles. The molecule has 1 saturated carbocycles. The molecule has 0 saturated heterocycles. The maximum absolute atomic E-state index is 14.8. The highest BCUT2D eigenvalue weighted by atomic mass is 16.6. The zero-order valence-electron chi connectivity index (χ0n) is 27.7. The number of hydrogen-bond donors (Lipinski definition) is 3. The molecule has 242 valence electrons. The number of hydrogen-bond acceptors (Lipinski definition) is 5. The number of benzene rings is 2. The van der Waals surface area contributed by atoms with Crippen molar-refractivity contribution in [1.82, 2.24) is 15.5 Å². The SMILES string of the molecule is Cc1cccc(C(C(=O)NC2CCCCC2)N(C(=O)C(Cc2ccc(O)cc2)NC(=O)OC(C)(C)C)C(C)CCC(C)C)c1. The van der Waals surface area contributed by atoms with Crippen molar-refractivity contribution >= 4 is 17.9 Å². The number of rotatable bonds is 12. The third-order valence-corrected chi connectivity index (χ3v) is 8.09. The third kappa shape index (κ3) is 10.9. The van der Waals surface area contributed by atoms with Crippen molar-refractivity contribution in [2.24, 2.45) is 5.92 Å². The number of phenolic OH excluding ortho intramolecular Hbond substituents is 1. The standard InChI is InChI=1S/C36H53N3O5/c1-24(2)16-17-26(4)39(32(28-13-11-12-25(3)22-28)33(41)37-29-14-9-8-10-15-29)34(42)31(38-35(43)44-36(5,6)7)23-27-18-20-30(40)21-19-27/h11-13,18-22,24,26,29,31-32,40H,8-10,14-17,23H2,1-7H3,(H,37,41)(H,38,43). The smallest absolute Gasteiger partial charge is 0.408 e. The Bertz CT molecular complexity index is 1230. The maximum Gasteiger partial charge on any atom is 0.408 e. The van der Waals surface area contributed by atoms with Crippen molar-refractivity contribution in [1.29, 1.82) is 0 Å². The van der Waals surface area contributed by atoms with Gasteiger partial charge in [0, 0.05) is 18.5 Å². The van der Waals surface area contributed by atoms with Crippen LogP contribution in [0.15, 0.2) is 48.5 Å². The predicted molar refractivity (Wildman–Crippen MR) is 174 cm³/mol. The second-order valence-corrected chi connectivity index (χ2v) is 13.8. The Labute approximate surface area is 263 Å². The van der Waals surface area contributed by atoms with Gasteiger partial charge in [0.2, 0.25) is 11.8 Å². The van der Waals surface area contributed by atoms with Crippen LogP contribution in [-0.2, 0) is 20.7 Å². The maximum atomic E-state index is 14.8. The molecule has 2 aromatic rings. The molecule has 0 aromatic heterocycles. The molecule has 3 amide bonds. The molecule has 8 heteroatoms. The van der Waals surface area contributed by atoms with Crippen LogP contribution < -0.4 is 10.6 Å². The molecular formula is C36H53N3O5. The first-order valence-electron chi connectivity index (χ1n) is 16.2. The molecule has 0 bridgehead atoms. The first-order valence-corrected chi connectivity index (χ1v) is 16.2. The summed E-state index contributed by atoms with van der Waals surface area (Å²) in [5.74, 6) is -0.0338. The van der Waals surface area contributed by atoms with Gasteiger partial charge in [-0.2, -0.15) is 0 Å². The minimum absolute atomic E-state index is 0.0687. The average Bonchev–Trinajstić information content (AvgIpc) is 2.94. The lowest BCUT2D eigenvalue weighted by molar-refractivity contribution is -0.145. The van der Waals surface area contributed by atoms with Crippen LogP contribution in [-0.4, -0.2) is 51.6 Å². The van der Waals surface area contributed by atoms with E-state index < -0.39 is 23.8 Å². The lowest BCUT2D eigenvalue weighted by Gasteiger charge is -2.39. The number of aryl methyl sites for hydroxylation is 1. The number of nitrogens with zero attached hydrogens (tertiary/aromatic N) is 1. The lowest BCUT2D eigenvalue weighted by atomic mass is 9.93. The molecule has 3 rings (SSSR count). The Morgan fingerprint density at radius 3 is 2.23 bits per heavy atom. The second-order valence-electron chi connectivity index (χ2n) is 13.8. The van der Waals surface area contributed by atoms with Crippen molar-refractivity contribution in [3.05, 3.63) is 65.2 Å². The third-order valence-electron chi connectivity index (χ3n) is 8.09. The van der Waals surface area contributed by atoms with E-state index in [1.807, 2.05) is 38.1 Å². The zero-order chi connectivity index (χ0) is 32.4. The molecule has 8 nitrogen and oxygen atoms in total. The summed E-state index contributed by atoms with van der Waals surface area (Å²) in [6, 6.07) is 12.2. The van der Waals surface area contributed by atoms with Crippen LogP contribution in [0.25, 0.3) is 0 Å². The van der Waals surface area contributed by atoms with E-state index in [9.17, 15) is 19.5 Å². The van der Waals surface area contributed by atoms with E-state index in [2.05, 4.69) is 24.5 Å². The van der Waals surface area contributed by atoms with Gasteiger partial charge in [0.25, 0.3) is 0 Å². The Morgan fingerprint density at radius 1 is 0.977 bits per heavy atom. The van der Waals surface area contributed by atoms with Gasteiger partial charge in [-0.25, -0.2) is 4.79 Å². The summed E-state index contributed by atoms with van der Waals surface area (Å²) in [7, 11) is 0. The quantitative estimate of drug-likeness (QED) is 0.241. The van der Waals surface area contributed by atoms with Crippen molar-refractivity contribution in [3.8, 4) is 5.75 Å². The predicted octanol–water partition coefficient (Wildman–Crippen LogP) is 6.98. The minimum Gasteiger partial charge on any atom is -0.508 e. The molecular weight excluding hydrogens is 554 g/mol. The van der Waals surface area contributed by atoms with E-state index in [-0.39, 0.29) is 36.1 Å². The van der Waals surface area contributed by atoms with E-state index in [0.29, 0.717) is 12.3 Å². The summed E-state index contributed by atoms with van der Waals surface area (Å²) in [5, 5.41) is 16.0. The Hall–Kier alpha value is -3.55. The number of ether oxygens (including phenoxy) is 1. The molecule has 44 heavy (non-hydrogen) atoms. The highest BCUT2D eigenvalue weighted by Crippen LogP contribution is 2.30. The molecule has 1 fully saturated rings. The number of alkyl carbamates (subject to hydrolysis) is 1. The molecule has 1 aliphatic rings. The summed E-state index contributed by atoms with van der Waals surface area (Å²) in [5.41, 5.74) is 1.73. The summed E-state index contributed by atoms with van der Waals surface area (Å²) in [6.07, 6.45) is 6.18. The summed E-state index contributed by atoms with van der Waals surface area (Å²) in [6.45, 7) is 13.6. The van der Waals surface area contributed by atoms with Gasteiger partial charge in [-0.15, -0.1) is 0 Å². The van der Waals surface area contributed by atoms with Crippen LogP contribution in [0.4, 0.5) is 4.79 Å². The Balaban J connectivity index is 2.08. The fraction of sp³-hybridized carbons (Fsp3) is 0.583. The molecule has 3 unspecified atom stereocenters. The van der Waals surface area contributed by atoms with Gasteiger partial charge in [-0.1, -0.05) is 75.1 Å². The first-order chi connectivity index (χ1) is 20.7. The number of nitrogens with one attached hydrogen (secondary N) is 2. The van der Waals surface area contributed by atoms with Crippen molar-refractivity contribution < 1.29 is 24.2 Å². The van der Waals surface area contributed by atoms with Gasteiger partial charge >= 0.3 is 6.09 Å². The van der Waals surface area contributed by atoms with Crippen molar-refractivity contribution in [2.45, 2.75) is 130 Å². The van der Waals surface area contributed by atoms with Crippen molar-refractivity contribution in [2.75, 3.05) is 0 Å². The van der Waals surface area contributed by atoms with Crippen LogP contribution in [0.2, 0.25) is 0 Å². The van der Waals surface area contributed by atoms with Crippen LogP contribution in [0.3, 0.4) is 0 Å². The van der Waals surface area contributed by atoms with E-state index in [4.69, 9.17) is 4.74 Å². The van der Waals surface area contributed by atoms with E-state index >= 15 is 0 Å². The first kappa shape index (κ1) is 34.9. The molecule has 3 N–H and O–H groups in total. The Morgan fingerprint density at radius 2 is 1.64 bits per heavy atom. The molecule has 0 heterocycles. The molecule has 1 aliphatic carbocycles. The molecule has 0 aliphatic heterocycles. The fourth-order valence-corrected chi connectivity index (χ4v) is 5.82. The number of phenols is 1. The highest BCUT2D eigenvalue weighted by Gasteiger charge is 2.39. The lowest BCUT2D eigenvalue weighted by Crippen LogP contribution is -2.57. The molecule has 3 atom stereocenters. The largest absolute Gasteiger partial charge is 0.508 e. The van der Waals surface area contributed by atoms with Crippen LogP contribution in [0.1, 0.15) is 109 Å². The van der Waals surface area contributed by atoms with Gasteiger partial charge < -0.3 is 25.4 Å². The monoisotopic (exact) mass is 607 g/mol. The van der Waals surface area contributed by atoms with Crippen molar-refractivity contribution in [3.63, 3.8) is 0 Å². The minimum atomic E-state index is -1.01. The van der Waals surface area contributed by atoms with Crippen LogP contribution in [0, 0.1) is 12.8 Å². The molecule has 0 spiro atoms. The number of carbonyl (C=O) groups excluding carboxylic acids is 3. The van der Waals surface area contributed by atoms with E-state index in [1.165, 1.54) is 6.42 Å².